The van der Waals surface area contributed by atoms with Gasteiger partial charge >= 0.3 is 0 Å². The molecule has 2 aromatic rings. The Bertz CT molecular complexity index is 588. The average molecular weight is 301 g/mol. The molecule has 0 aliphatic heterocycles. The van der Waals surface area contributed by atoms with Gasteiger partial charge in [0.1, 0.15) is 5.82 Å². The SMILES string of the molecule is CC(C)c1cc(CN)cc(N(Cc2ccsc2)C2CC2)n1. The van der Waals surface area contributed by atoms with Gasteiger partial charge in [-0.3, -0.25) is 0 Å². The van der Waals surface area contributed by atoms with Gasteiger partial charge in [-0.15, -0.1) is 0 Å². The van der Waals surface area contributed by atoms with E-state index in [0.29, 0.717) is 18.5 Å². The fourth-order valence-electron chi connectivity index (χ4n) is 2.52. The second kappa shape index (κ2) is 6.16. The van der Waals surface area contributed by atoms with E-state index in [9.17, 15) is 0 Å². The maximum Gasteiger partial charge on any atom is 0.129 e. The smallest absolute Gasteiger partial charge is 0.129 e. The lowest BCUT2D eigenvalue weighted by molar-refractivity contribution is 0.754. The molecule has 4 heteroatoms. The third-order valence-corrected chi connectivity index (χ3v) is 4.67. The Labute approximate surface area is 130 Å². The molecule has 2 heterocycles. The Morgan fingerprint density at radius 2 is 2.14 bits per heavy atom. The summed E-state index contributed by atoms with van der Waals surface area (Å²) in [7, 11) is 0. The molecule has 1 aliphatic carbocycles. The van der Waals surface area contributed by atoms with Crippen LogP contribution in [0, 0.1) is 0 Å². The molecular formula is C17H23N3S. The first kappa shape index (κ1) is 14.5. The Kier molecular flexibility index (Phi) is 4.27. The molecule has 0 unspecified atom stereocenters. The summed E-state index contributed by atoms with van der Waals surface area (Å²) >= 11 is 1.76. The minimum absolute atomic E-state index is 0.428. The predicted molar refractivity (Wildman–Crippen MR) is 89.7 cm³/mol. The van der Waals surface area contributed by atoms with Gasteiger partial charge in [0.15, 0.2) is 0 Å². The monoisotopic (exact) mass is 301 g/mol. The third-order valence-electron chi connectivity index (χ3n) is 3.93. The summed E-state index contributed by atoms with van der Waals surface area (Å²) in [6.07, 6.45) is 2.55. The molecule has 1 aliphatic rings. The number of nitrogens with zero attached hydrogens (tertiary/aromatic N) is 2. The summed E-state index contributed by atoms with van der Waals surface area (Å²) in [6, 6.07) is 7.15. The Balaban J connectivity index is 1.92. The molecule has 0 amide bonds. The van der Waals surface area contributed by atoms with Gasteiger partial charge in [-0.2, -0.15) is 11.3 Å². The van der Waals surface area contributed by atoms with Crippen molar-refractivity contribution in [2.45, 2.75) is 51.7 Å². The van der Waals surface area contributed by atoms with Crippen molar-refractivity contribution in [1.29, 1.82) is 0 Å². The van der Waals surface area contributed by atoms with E-state index in [0.717, 1.165) is 18.1 Å². The number of rotatable bonds is 6. The summed E-state index contributed by atoms with van der Waals surface area (Å²) in [5, 5.41) is 4.37. The van der Waals surface area contributed by atoms with E-state index in [2.05, 4.69) is 47.7 Å². The molecule has 0 spiro atoms. The number of hydrogen-bond acceptors (Lipinski definition) is 4. The normalized spacial score (nSPS) is 14.7. The van der Waals surface area contributed by atoms with Crippen LogP contribution in [0.3, 0.4) is 0 Å². The molecule has 2 N–H and O–H groups in total. The van der Waals surface area contributed by atoms with Crippen molar-refractivity contribution >= 4 is 17.2 Å². The first-order chi connectivity index (χ1) is 10.2. The molecule has 3 nitrogen and oxygen atoms in total. The van der Waals surface area contributed by atoms with Gasteiger partial charge in [0, 0.05) is 24.8 Å². The second-order valence-corrected chi connectivity index (χ2v) is 6.89. The highest BCUT2D eigenvalue weighted by Gasteiger charge is 2.30. The molecule has 0 saturated heterocycles. The summed E-state index contributed by atoms with van der Waals surface area (Å²) in [4.78, 5) is 7.35. The number of nitrogens with two attached hydrogens (primary N) is 1. The lowest BCUT2D eigenvalue weighted by Crippen LogP contribution is -2.26. The third kappa shape index (κ3) is 3.44. The van der Waals surface area contributed by atoms with E-state index in [4.69, 9.17) is 10.7 Å². The van der Waals surface area contributed by atoms with Gasteiger partial charge in [-0.25, -0.2) is 4.98 Å². The molecule has 1 saturated carbocycles. The van der Waals surface area contributed by atoms with Crippen molar-refractivity contribution in [3.63, 3.8) is 0 Å². The largest absolute Gasteiger partial charge is 0.349 e. The summed E-state index contributed by atoms with van der Waals surface area (Å²) < 4.78 is 0. The van der Waals surface area contributed by atoms with Crippen LogP contribution in [0.1, 0.15) is 49.4 Å². The lowest BCUT2D eigenvalue weighted by Gasteiger charge is -2.25. The summed E-state index contributed by atoms with van der Waals surface area (Å²) in [6.45, 7) is 5.90. The van der Waals surface area contributed by atoms with E-state index < -0.39 is 0 Å². The van der Waals surface area contributed by atoms with Gasteiger partial charge in [0.05, 0.1) is 0 Å². The zero-order chi connectivity index (χ0) is 14.8. The van der Waals surface area contributed by atoms with Crippen molar-refractivity contribution in [3.8, 4) is 0 Å². The number of anilines is 1. The molecular weight excluding hydrogens is 278 g/mol. The number of pyridine rings is 1. The van der Waals surface area contributed by atoms with Crippen molar-refractivity contribution < 1.29 is 0 Å². The summed E-state index contributed by atoms with van der Waals surface area (Å²) in [5.41, 5.74) is 9.57. The van der Waals surface area contributed by atoms with E-state index in [-0.39, 0.29) is 0 Å². The molecule has 0 bridgehead atoms. The molecule has 1 fully saturated rings. The Morgan fingerprint density at radius 3 is 2.71 bits per heavy atom. The Morgan fingerprint density at radius 1 is 1.33 bits per heavy atom. The van der Waals surface area contributed by atoms with Crippen LogP contribution in [-0.4, -0.2) is 11.0 Å². The Hall–Kier alpha value is -1.39. The maximum absolute atomic E-state index is 5.87. The van der Waals surface area contributed by atoms with Crippen molar-refractivity contribution in [3.05, 3.63) is 45.8 Å². The van der Waals surface area contributed by atoms with Crippen LogP contribution in [0.2, 0.25) is 0 Å². The molecule has 0 radical (unpaired) electrons. The van der Waals surface area contributed by atoms with Crippen molar-refractivity contribution in [2.24, 2.45) is 5.73 Å². The number of aromatic nitrogens is 1. The fourth-order valence-corrected chi connectivity index (χ4v) is 3.18. The fraction of sp³-hybridized carbons (Fsp3) is 0.471. The number of thiophene rings is 1. The quantitative estimate of drug-likeness (QED) is 0.880. The zero-order valence-electron chi connectivity index (χ0n) is 12.7. The van der Waals surface area contributed by atoms with E-state index >= 15 is 0 Å². The molecule has 3 rings (SSSR count). The maximum atomic E-state index is 5.87. The van der Waals surface area contributed by atoms with E-state index in [1.165, 1.54) is 24.0 Å². The molecule has 21 heavy (non-hydrogen) atoms. The highest BCUT2D eigenvalue weighted by molar-refractivity contribution is 7.07. The standard InChI is InChI=1S/C17H23N3S/c1-12(2)16-7-14(9-18)8-17(19-16)20(15-3-4-15)10-13-5-6-21-11-13/h5-8,11-12,15H,3-4,9-10,18H2,1-2H3. The number of hydrogen-bond donors (Lipinski definition) is 1. The first-order valence-electron chi connectivity index (χ1n) is 7.66. The van der Waals surface area contributed by atoms with E-state index in [1.807, 2.05) is 0 Å². The van der Waals surface area contributed by atoms with Gasteiger partial charge in [0.2, 0.25) is 0 Å². The van der Waals surface area contributed by atoms with Crippen LogP contribution >= 0.6 is 11.3 Å². The minimum Gasteiger partial charge on any atom is -0.349 e. The molecule has 0 aromatic carbocycles. The van der Waals surface area contributed by atoms with Crippen LogP contribution in [0.4, 0.5) is 5.82 Å². The second-order valence-electron chi connectivity index (χ2n) is 6.11. The van der Waals surface area contributed by atoms with Crippen LogP contribution in [-0.2, 0) is 13.1 Å². The summed E-state index contributed by atoms with van der Waals surface area (Å²) in [5.74, 6) is 1.52. The minimum atomic E-state index is 0.428. The van der Waals surface area contributed by atoms with Crippen molar-refractivity contribution in [2.75, 3.05) is 4.90 Å². The van der Waals surface area contributed by atoms with Crippen LogP contribution < -0.4 is 10.6 Å². The van der Waals surface area contributed by atoms with Crippen LogP contribution in [0.25, 0.3) is 0 Å². The van der Waals surface area contributed by atoms with Crippen LogP contribution in [0.5, 0.6) is 0 Å². The molecule has 2 aromatic heterocycles. The van der Waals surface area contributed by atoms with Gasteiger partial charge in [-0.1, -0.05) is 13.8 Å². The zero-order valence-corrected chi connectivity index (χ0v) is 13.6. The van der Waals surface area contributed by atoms with Crippen molar-refractivity contribution in [1.82, 2.24) is 4.98 Å². The molecule has 0 atom stereocenters. The van der Waals surface area contributed by atoms with Gasteiger partial charge in [0.25, 0.3) is 0 Å². The topological polar surface area (TPSA) is 42.1 Å². The lowest BCUT2D eigenvalue weighted by atomic mass is 10.1. The molecule has 112 valence electrons. The first-order valence-corrected chi connectivity index (χ1v) is 8.60. The predicted octanol–water partition coefficient (Wildman–Crippen LogP) is 3.89. The van der Waals surface area contributed by atoms with Gasteiger partial charge < -0.3 is 10.6 Å². The van der Waals surface area contributed by atoms with E-state index in [1.54, 1.807) is 11.3 Å². The highest BCUT2D eigenvalue weighted by Crippen LogP contribution is 2.33. The average Bonchev–Trinajstić information content (AvgIpc) is 3.20. The van der Waals surface area contributed by atoms with Crippen LogP contribution in [0.15, 0.2) is 29.0 Å². The van der Waals surface area contributed by atoms with Gasteiger partial charge in [-0.05, 0) is 58.8 Å². The highest BCUT2D eigenvalue weighted by atomic mass is 32.1.